The normalized spacial score (nSPS) is 11.5. The average Bonchev–Trinajstić information content (AvgIpc) is 2.06. The van der Waals surface area contributed by atoms with Gasteiger partial charge in [0.2, 0.25) is 0 Å². The van der Waals surface area contributed by atoms with E-state index in [-0.39, 0.29) is 19.4 Å². The molecule has 3 heteroatoms. The molecule has 0 spiro atoms. The minimum atomic E-state index is -0.737. The van der Waals surface area contributed by atoms with Gasteiger partial charge in [-0.1, -0.05) is 37.3 Å². The van der Waals surface area contributed by atoms with Gasteiger partial charge in [0.1, 0.15) is 0 Å². The van der Waals surface area contributed by atoms with E-state index < -0.39 is 5.97 Å². The van der Waals surface area contributed by atoms with Crippen LogP contribution in [0.3, 0.4) is 0 Å². The highest BCUT2D eigenvalue weighted by Crippen LogP contribution is 2.07. The molecule has 1 aromatic rings. The summed E-state index contributed by atoms with van der Waals surface area (Å²) in [6.45, 7) is 1.72. The molecule has 72 valence electrons. The fourth-order valence-electron chi connectivity index (χ4n) is 1.05. The van der Waals surface area contributed by atoms with Gasteiger partial charge in [0, 0.05) is 0 Å². The van der Waals surface area contributed by atoms with Crippen LogP contribution in [0.4, 0.5) is 0 Å². The Hall–Kier alpha value is -0.960. The summed E-state index contributed by atoms with van der Waals surface area (Å²) in [5.41, 5.74) is 1.08. The zero-order valence-corrected chi connectivity index (χ0v) is 8.53. The van der Waals surface area contributed by atoms with Gasteiger partial charge in [0.15, 0.2) is 0 Å². The highest BCUT2D eigenvalue weighted by Gasteiger charge is 2.10. The Kier molecular flexibility index (Phi) is 5.23. The third-order valence-electron chi connectivity index (χ3n) is 1.81. The first-order chi connectivity index (χ1) is 5.70. The van der Waals surface area contributed by atoms with Gasteiger partial charge < -0.3 is 5.11 Å². The lowest BCUT2D eigenvalue weighted by Crippen LogP contribution is -2.11. The van der Waals surface area contributed by atoms with Gasteiger partial charge in [-0.3, -0.25) is 4.79 Å². The highest BCUT2D eigenvalue weighted by atomic mass is 32.1. The number of rotatable bonds is 3. The summed E-state index contributed by atoms with van der Waals surface area (Å²) in [5, 5.41) is 8.64. The summed E-state index contributed by atoms with van der Waals surface area (Å²) in [4.78, 5) is 10.5. The summed E-state index contributed by atoms with van der Waals surface area (Å²) in [6.07, 6.45) is 0.607. The summed E-state index contributed by atoms with van der Waals surface area (Å²) in [7, 11) is 0. The van der Waals surface area contributed by atoms with Crippen LogP contribution in [-0.2, 0) is 11.2 Å². The number of benzene rings is 1. The number of carboxylic acid groups (broad SMARTS) is 1. The Morgan fingerprint density at radius 1 is 1.38 bits per heavy atom. The van der Waals surface area contributed by atoms with Gasteiger partial charge in [-0.25, -0.2) is 0 Å². The summed E-state index contributed by atoms with van der Waals surface area (Å²) in [5.74, 6) is -1.04. The van der Waals surface area contributed by atoms with E-state index in [9.17, 15) is 4.79 Å². The monoisotopic (exact) mass is 198 g/mol. The van der Waals surface area contributed by atoms with Gasteiger partial charge in [0.25, 0.3) is 0 Å². The molecular weight excluding hydrogens is 184 g/mol. The molecule has 1 atom stereocenters. The van der Waals surface area contributed by atoms with Gasteiger partial charge in [0.05, 0.1) is 5.92 Å². The van der Waals surface area contributed by atoms with E-state index in [0.717, 1.165) is 5.56 Å². The van der Waals surface area contributed by atoms with Crippen molar-refractivity contribution in [3.63, 3.8) is 0 Å². The Bertz CT molecular complexity index is 259. The molecule has 0 fully saturated rings. The lowest BCUT2D eigenvalue weighted by molar-refractivity contribution is -0.141. The molecule has 1 aromatic carbocycles. The zero-order chi connectivity index (χ0) is 8.97. The number of hydrogen-bond donors (Lipinski definition) is 1. The zero-order valence-electron chi connectivity index (χ0n) is 7.53. The van der Waals surface area contributed by atoms with Crippen LogP contribution < -0.4 is 0 Å². The quantitative estimate of drug-likeness (QED) is 0.807. The molecule has 0 aliphatic rings. The molecule has 0 heterocycles. The van der Waals surface area contributed by atoms with Gasteiger partial charge in [-0.2, -0.15) is 13.5 Å². The number of hydrogen-bond acceptors (Lipinski definition) is 1. The van der Waals surface area contributed by atoms with E-state index in [1.54, 1.807) is 6.92 Å². The maximum Gasteiger partial charge on any atom is 0.306 e. The standard InChI is InChI=1S/C10H12O2.H2S/c1-8(10(11)12)7-9-5-3-2-4-6-9;/h2-6,8H,7H2,1H3,(H,11,12);1H2/t8-;/m0./s1. The van der Waals surface area contributed by atoms with E-state index in [4.69, 9.17) is 5.11 Å². The lowest BCUT2D eigenvalue weighted by atomic mass is 10.0. The first-order valence-corrected chi connectivity index (χ1v) is 3.97. The molecule has 0 amide bonds. The molecule has 0 aliphatic carbocycles. The van der Waals surface area contributed by atoms with Gasteiger partial charge >= 0.3 is 5.97 Å². The second kappa shape index (κ2) is 5.65. The minimum Gasteiger partial charge on any atom is -0.481 e. The van der Waals surface area contributed by atoms with E-state index >= 15 is 0 Å². The second-order valence-electron chi connectivity index (χ2n) is 2.93. The topological polar surface area (TPSA) is 37.3 Å². The fraction of sp³-hybridized carbons (Fsp3) is 0.300. The van der Waals surface area contributed by atoms with Crippen LogP contribution in [0.25, 0.3) is 0 Å². The van der Waals surface area contributed by atoms with Crippen molar-refractivity contribution in [2.24, 2.45) is 5.92 Å². The SMILES string of the molecule is C[C@@H](Cc1ccccc1)C(=O)O.S. The lowest BCUT2D eigenvalue weighted by Gasteiger charge is -2.04. The maximum absolute atomic E-state index is 10.5. The van der Waals surface area contributed by atoms with Crippen LogP contribution in [0.15, 0.2) is 30.3 Å². The summed E-state index contributed by atoms with van der Waals surface area (Å²) >= 11 is 0. The van der Waals surface area contributed by atoms with Crippen molar-refractivity contribution < 1.29 is 9.90 Å². The van der Waals surface area contributed by atoms with Crippen molar-refractivity contribution in [2.45, 2.75) is 13.3 Å². The van der Waals surface area contributed by atoms with Crippen molar-refractivity contribution in [1.82, 2.24) is 0 Å². The molecule has 0 radical (unpaired) electrons. The Labute approximate surface area is 85.0 Å². The summed E-state index contributed by atoms with van der Waals surface area (Å²) in [6, 6.07) is 9.65. The number of carboxylic acids is 1. The smallest absolute Gasteiger partial charge is 0.306 e. The van der Waals surface area contributed by atoms with Gasteiger partial charge in [-0.05, 0) is 12.0 Å². The third-order valence-corrected chi connectivity index (χ3v) is 1.81. The van der Waals surface area contributed by atoms with Crippen molar-refractivity contribution in [1.29, 1.82) is 0 Å². The predicted octanol–water partition coefficient (Wildman–Crippen LogP) is 2.06. The molecule has 0 aliphatic heterocycles. The van der Waals surface area contributed by atoms with Crippen molar-refractivity contribution in [3.8, 4) is 0 Å². The number of aliphatic carboxylic acids is 1. The van der Waals surface area contributed by atoms with Crippen LogP contribution in [0.2, 0.25) is 0 Å². The second-order valence-corrected chi connectivity index (χ2v) is 2.93. The fourth-order valence-corrected chi connectivity index (χ4v) is 1.05. The van der Waals surface area contributed by atoms with Gasteiger partial charge in [-0.15, -0.1) is 0 Å². The minimum absolute atomic E-state index is 0. The van der Waals surface area contributed by atoms with Crippen LogP contribution in [0.1, 0.15) is 12.5 Å². The van der Waals surface area contributed by atoms with E-state index in [2.05, 4.69) is 0 Å². The summed E-state index contributed by atoms with van der Waals surface area (Å²) < 4.78 is 0. The van der Waals surface area contributed by atoms with Crippen molar-refractivity contribution >= 4 is 19.5 Å². The molecule has 0 saturated carbocycles. The van der Waals surface area contributed by atoms with E-state index in [0.29, 0.717) is 6.42 Å². The van der Waals surface area contributed by atoms with Crippen LogP contribution >= 0.6 is 13.5 Å². The Balaban J connectivity index is 0.00000144. The van der Waals surface area contributed by atoms with Crippen LogP contribution in [-0.4, -0.2) is 11.1 Å². The molecule has 1 rings (SSSR count). The molecule has 0 bridgehead atoms. The number of carbonyl (C=O) groups is 1. The highest BCUT2D eigenvalue weighted by molar-refractivity contribution is 7.59. The maximum atomic E-state index is 10.5. The van der Waals surface area contributed by atoms with E-state index in [1.807, 2.05) is 30.3 Å². The molecular formula is C10H14O2S. The van der Waals surface area contributed by atoms with Crippen molar-refractivity contribution in [2.75, 3.05) is 0 Å². The molecule has 0 unspecified atom stereocenters. The first kappa shape index (κ1) is 12.0. The molecule has 0 aromatic heterocycles. The average molecular weight is 198 g/mol. The Morgan fingerprint density at radius 2 is 1.92 bits per heavy atom. The van der Waals surface area contributed by atoms with Crippen LogP contribution in [0, 0.1) is 5.92 Å². The van der Waals surface area contributed by atoms with Crippen LogP contribution in [0.5, 0.6) is 0 Å². The molecule has 13 heavy (non-hydrogen) atoms. The van der Waals surface area contributed by atoms with Crippen molar-refractivity contribution in [3.05, 3.63) is 35.9 Å². The molecule has 1 N–H and O–H groups in total. The Morgan fingerprint density at radius 3 is 2.38 bits per heavy atom. The predicted molar refractivity (Wildman–Crippen MR) is 57.3 cm³/mol. The first-order valence-electron chi connectivity index (χ1n) is 3.97. The largest absolute Gasteiger partial charge is 0.481 e. The molecule has 0 saturated heterocycles. The third kappa shape index (κ3) is 3.99. The molecule has 2 nitrogen and oxygen atoms in total. The van der Waals surface area contributed by atoms with E-state index in [1.165, 1.54) is 0 Å².